The molecule has 3 heteroatoms. The first kappa shape index (κ1) is 15.5. The average molecular weight is 336 g/mol. The van der Waals surface area contributed by atoms with Crippen molar-refractivity contribution < 1.29 is 9.09 Å². The molecule has 0 bridgehead atoms. The summed E-state index contributed by atoms with van der Waals surface area (Å²) < 4.78 is 20.3. The lowest BCUT2D eigenvalue weighted by Gasteiger charge is -2.45. The summed E-state index contributed by atoms with van der Waals surface area (Å²) in [5.74, 6) is 0.758. The van der Waals surface area contributed by atoms with Crippen LogP contribution in [0.25, 0.3) is 5.57 Å². The molecule has 2 atom stereocenters. The Balaban J connectivity index is 1.89. The predicted molar refractivity (Wildman–Crippen MR) is 99.7 cm³/mol. The van der Waals surface area contributed by atoms with Crippen molar-refractivity contribution in [2.45, 2.75) is 31.6 Å². The molecule has 2 unspecified atom stereocenters. The summed E-state index contributed by atoms with van der Waals surface area (Å²) in [5.41, 5.74) is 4.51. The Morgan fingerprint density at radius 3 is 2.71 bits per heavy atom. The van der Waals surface area contributed by atoms with Crippen LogP contribution in [0.4, 0.5) is 0 Å². The smallest absolute Gasteiger partial charge is 0.262 e. The summed E-state index contributed by atoms with van der Waals surface area (Å²) >= 11 is 0. The van der Waals surface area contributed by atoms with E-state index in [1.54, 1.807) is 0 Å². The maximum Gasteiger partial charge on any atom is 0.262 e. The third kappa shape index (κ3) is 2.21. The van der Waals surface area contributed by atoms with E-state index in [2.05, 4.69) is 38.1 Å². The van der Waals surface area contributed by atoms with Crippen molar-refractivity contribution in [1.82, 2.24) is 0 Å². The van der Waals surface area contributed by atoms with Crippen LogP contribution >= 0.6 is 7.37 Å². The Labute approximate surface area is 143 Å². The Morgan fingerprint density at radius 2 is 1.92 bits per heavy atom. The highest BCUT2D eigenvalue weighted by molar-refractivity contribution is 7.61. The van der Waals surface area contributed by atoms with Crippen LogP contribution in [0.1, 0.15) is 30.0 Å². The second kappa shape index (κ2) is 5.50. The summed E-state index contributed by atoms with van der Waals surface area (Å²) in [6.07, 6.45) is 7.51. The number of hydrogen-bond donors (Lipinski definition) is 0. The number of allylic oxidation sites excluding steroid dienone is 4. The van der Waals surface area contributed by atoms with Gasteiger partial charge in [0, 0.05) is 5.56 Å². The number of aryl methyl sites for hydroxylation is 1. The number of rotatable bonds is 2. The van der Waals surface area contributed by atoms with Gasteiger partial charge in [0.25, 0.3) is 7.37 Å². The maximum absolute atomic E-state index is 14.1. The van der Waals surface area contributed by atoms with E-state index in [0.29, 0.717) is 6.16 Å². The summed E-state index contributed by atoms with van der Waals surface area (Å²) in [6.45, 7) is 4.19. The third-order valence-corrected chi connectivity index (χ3v) is 8.43. The molecular formula is C21H21O2P. The number of fused-ring (bicyclic) bond motifs is 3. The molecule has 2 aliphatic rings. The van der Waals surface area contributed by atoms with Crippen LogP contribution < -0.4 is 4.52 Å². The third-order valence-electron chi connectivity index (χ3n) is 5.23. The van der Waals surface area contributed by atoms with Gasteiger partial charge in [-0.15, -0.1) is 0 Å². The first-order valence-corrected chi connectivity index (χ1v) is 10.1. The monoisotopic (exact) mass is 336 g/mol. The van der Waals surface area contributed by atoms with Crippen LogP contribution in [0, 0.1) is 6.92 Å². The van der Waals surface area contributed by atoms with Crippen molar-refractivity contribution in [3.8, 4) is 5.75 Å². The average Bonchev–Trinajstić information content (AvgIpc) is 2.56. The number of benzene rings is 2. The summed E-state index contributed by atoms with van der Waals surface area (Å²) in [6, 6.07) is 16.0. The normalized spacial score (nSPS) is 27.7. The fourth-order valence-corrected chi connectivity index (χ4v) is 6.49. The highest BCUT2D eigenvalue weighted by atomic mass is 31.2. The molecule has 2 aromatic carbocycles. The lowest BCUT2D eigenvalue weighted by molar-refractivity contribution is 0.444. The van der Waals surface area contributed by atoms with Crippen LogP contribution in [-0.2, 0) is 10.7 Å². The molecule has 0 saturated carbocycles. The minimum Gasteiger partial charge on any atom is -0.441 e. The van der Waals surface area contributed by atoms with E-state index in [0.717, 1.165) is 28.9 Å². The highest BCUT2D eigenvalue weighted by Gasteiger charge is 2.53. The second-order valence-corrected chi connectivity index (χ2v) is 9.68. The van der Waals surface area contributed by atoms with Gasteiger partial charge in [0.05, 0.1) is 11.3 Å². The molecule has 1 heterocycles. The van der Waals surface area contributed by atoms with Gasteiger partial charge < -0.3 is 4.52 Å². The molecule has 4 rings (SSSR count). The van der Waals surface area contributed by atoms with Crippen LogP contribution in [-0.4, -0.2) is 5.16 Å². The van der Waals surface area contributed by atoms with E-state index in [-0.39, 0.29) is 0 Å². The molecule has 24 heavy (non-hydrogen) atoms. The Hall–Kier alpha value is -2.05. The molecule has 0 amide bonds. The van der Waals surface area contributed by atoms with E-state index < -0.39 is 12.5 Å². The van der Waals surface area contributed by atoms with Gasteiger partial charge in [0.1, 0.15) is 5.75 Å². The number of hydrogen-bond acceptors (Lipinski definition) is 2. The standard InChI is InChI=1S/C21H21O2P/c1-16-9-8-13-19-20(16)18-12-6-7-14-21(18,2)24(22,23-19)15-17-10-4-3-5-11-17/h3-13H,14-15H2,1-2H3. The fraction of sp³-hybridized carbons (Fsp3) is 0.238. The molecule has 1 aliphatic carbocycles. The molecule has 0 aromatic heterocycles. The zero-order valence-electron chi connectivity index (χ0n) is 14.0. The molecule has 2 nitrogen and oxygen atoms in total. The van der Waals surface area contributed by atoms with Crippen molar-refractivity contribution >= 4 is 12.9 Å². The SMILES string of the molecule is Cc1cccc2c1C1=CC=CCC1(C)P(=O)(Cc1ccccc1)O2. The Bertz CT molecular complexity index is 895. The van der Waals surface area contributed by atoms with E-state index in [1.807, 2.05) is 42.5 Å². The van der Waals surface area contributed by atoms with Crippen LogP contribution in [0.5, 0.6) is 5.75 Å². The lowest BCUT2D eigenvalue weighted by Crippen LogP contribution is -2.34. The van der Waals surface area contributed by atoms with Crippen LogP contribution in [0.2, 0.25) is 0 Å². The summed E-state index contributed by atoms with van der Waals surface area (Å²) in [7, 11) is -2.95. The van der Waals surface area contributed by atoms with Gasteiger partial charge in [-0.1, -0.05) is 60.7 Å². The topological polar surface area (TPSA) is 26.3 Å². The zero-order chi connectivity index (χ0) is 16.8. The second-order valence-electron chi connectivity index (χ2n) is 6.84. The van der Waals surface area contributed by atoms with Crippen molar-refractivity contribution in [2.75, 3.05) is 0 Å². The fourth-order valence-electron chi connectivity index (χ4n) is 3.78. The Kier molecular flexibility index (Phi) is 3.54. The summed E-state index contributed by atoms with van der Waals surface area (Å²) in [4.78, 5) is 0. The lowest BCUT2D eigenvalue weighted by atomic mass is 9.84. The molecule has 0 radical (unpaired) electrons. The zero-order valence-corrected chi connectivity index (χ0v) is 14.9. The quantitative estimate of drug-likeness (QED) is 0.632. The summed E-state index contributed by atoms with van der Waals surface area (Å²) in [5, 5.41) is -0.475. The molecule has 122 valence electrons. The van der Waals surface area contributed by atoms with Gasteiger partial charge in [-0.05, 0) is 43.0 Å². The van der Waals surface area contributed by atoms with Crippen molar-refractivity contribution in [3.63, 3.8) is 0 Å². The van der Waals surface area contributed by atoms with Gasteiger partial charge in [0.2, 0.25) is 0 Å². The molecule has 0 N–H and O–H groups in total. The largest absolute Gasteiger partial charge is 0.441 e. The first-order valence-electron chi connectivity index (χ1n) is 8.33. The van der Waals surface area contributed by atoms with Crippen LogP contribution in [0.3, 0.4) is 0 Å². The van der Waals surface area contributed by atoms with Crippen molar-refractivity contribution in [1.29, 1.82) is 0 Å². The minimum absolute atomic E-state index is 0.461. The van der Waals surface area contributed by atoms with E-state index in [1.165, 1.54) is 5.56 Å². The van der Waals surface area contributed by atoms with Gasteiger partial charge >= 0.3 is 0 Å². The minimum atomic E-state index is -2.95. The van der Waals surface area contributed by atoms with E-state index >= 15 is 0 Å². The van der Waals surface area contributed by atoms with E-state index in [9.17, 15) is 4.57 Å². The predicted octanol–water partition coefficient (Wildman–Crippen LogP) is 5.97. The first-order chi connectivity index (χ1) is 11.5. The van der Waals surface area contributed by atoms with Gasteiger partial charge in [-0.2, -0.15) is 0 Å². The molecule has 1 aliphatic heterocycles. The van der Waals surface area contributed by atoms with Gasteiger partial charge in [-0.25, -0.2) is 0 Å². The van der Waals surface area contributed by atoms with Crippen LogP contribution in [0.15, 0.2) is 66.8 Å². The molecule has 0 fully saturated rings. The Morgan fingerprint density at radius 1 is 1.12 bits per heavy atom. The van der Waals surface area contributed by atoms with Crippen molar-refractivity contribution in [2.24, 2.45) is 0 Å². The van der Waals surface area contributed by atoms with Gasteiger partial charge in [-0.3, -0.25) is 4.57 Å². The molecule has 0 spiro atoms. The molecule has 2 aromatic rings. The maximum atomic E-state index is 14.1. The van der Waals surface area contributed by atoms with E-state index in [4.69, 9.17) is 4.52 Å². The molecular weight excluding hydrogens is 315 g/mol. The highest BCUT2D eigenvalue weighted by Crippen LogP contribution is 2.71. The molecule has 0 saturated heterocycles. The van der Waals surface area contributed by atoms with Crippen molar-refractivity contribution in [3.05, 3.63) is 83.4 Å². The van der Waals surface area contributed by atoms with Gasteiger partial charge in [0.15, 0.2) is 0 Å².